The van der Waals surface area contributed by atoms with Gasteiger partial charge in [-0.2, -0.15) is 5.10 Å². The minimum atomic E-state index is -0.188. The first kappa shape index (κ1) is 16.0. The van der Waals surface area contributed by atoms with E-state index in [9.17, 15) is 4.79 Å². The highest BCUT2D eigenvalue weighted by Gasteiger charge is 2.07. The zero-order valence-electron chi connectivity index (χ0n) is 13.8. The molecule has 0 aliphatic rings. The molecule has 0 saturated carbocycles. The van der Waals surface area contributed by atoms with Gasteiger partial charge in [-0.25, -0.2) is 5.43 Å². The van der Waals surface area contributed by atoms with Gasteiger partial charge in [0.05, 0.1) is 5.71 Å². The van der Waals surface area contributed by atoms with E-state index in [0.717, 1.165) is 22.4 Å². The summed E-state index contributed by atoms with van der Waals surface area (Å²) < 4.78 is 0. The number of rotatable bonds is 3. The van der Waals surface area contributed by atoms with Crippen molar-refractivity contribution in [2.75, 3.05) is 0 Å². The van der Waals surface area contributed by atoms with Crippen LogP contribution in [0.1, 0.15) is 45.1 Å². The molecule has 2 aromatic carbocycles. The Bertz CT molecular complexity index is 745. The molecule has 3 nitrogen and oxygen atoms in total. The first-order chi connectivity index (χ1) is 10.4. The molecule has 0 fully saturated rings. The largest absolute Gasteiger partial charge is 0.271 e. The molecule has 0 heterocycles. The Morgan fingerprint density at radius 3 is 2.27 bits per heavy atom. The summed E-state index contributed by atoms with van der Waals surface area (Å²) in [4.78, 5) is 12.2. The highest BCUT2D eigenvalue weighted by molar-refractivity contribution is 6.01. The van der Waals surface area contributed by atoms with Crippen molar-refractivity contribution in [2.24, 2.45) is 5.10 Å². The van der Waals surface area contributed by atoms with Crippen LogP contribution in [0.2, 0.25) is 0 Å². The number of carbonyl (C=O) groups excluding carboxylic acids is 1. The molecule has 1 N–H and O–H groups in total. The van der Waals surface area contributed by atoms with Crippen molar-refractivity contribution in [3.63, 3.8) is 0 Å². The Hall–Kier alpha value is -2.42. The average Bonchev–Trinajstić information content (AvgIpc) is 2.47. The Balaban J connectivity index is 2.16. The summed E-state index contributed by atoms with van der Waals surface area (Å²) in [5.41, 5.74) is 9.75. The summed E-state index contributed by atoms with van der Waals surface area (Å²) in [6.45, 7) is 10.0. The standard InChI is InChI=1S/C19H22N2O/c1-12-6-9-18(15(4)10-12)16(5)20-21-19(22)17-8-7-13(2)14(3)11-17/h6-11H,1-5H3,(H,21,22)/b20-16-. The molecule has 0 aromatic heterocycles. The van der Waals surface area contributed by atoms with Crippen molar-refractivity contribution in [2.45, 2.75) is 34.6 Å². The lowest BCUT2D eigenvalue weighted by Gasteiger charge is -2.08. The molecule has 114 valence electrons. The molecule has 0 aliphatic carbocycles. The number of amides is 1. The molecule has 0 aliphatic heterocycles. The van der Waals surface area contributed by atoms with Crippen LogP contribution < -0.4 is 5.43 Å². The highest BCUT2D eigenvalue weighted by atomic mass is 16.2. The summed E-state index contributed by atoms with van der Waals surface area (Å²) in [5, 5.41) is 4.23. The number of aryl methyl sites for hydroxylation is 4. The number of carbonyl (C=O) groups is 1. The van der Waals surface area contributed by atoms with Crippen molar-refractivity contribution in [1.82, 2.24) is 5.43 Å². The molecule has 0 radical (unpaired) electrons. The first-order valence-electron chi connectivity index (χ1n) is 7.38. The third kappa shape index (κ3) is 3.61. The lowest BCUT2D eigenvalue weighted by atomic mass is 10.0. The lowest BCUT2D eigenvalue weighted by Crippen LogP contribution is -2.19. The van der Waals surface area contributed by atoms with Crippen LogP contribution in [-0.4, -0.2) is 11.6 Å². The van der Waals surface area contributed by atoms with Gasteiger partial charge < -0.3 is 0 Å². The highest BCUT2D eigenvalue weighted by Crippen LogP contribution is 2.12. The molecule has 3 heteroatoms. The van der Waals surface area contributed by atoms with Gasteiger partial charge in [-0.15, -0.1) is 0 Å². The summed E-state index contributed by atoms with van der Waals surface area (Å²) in [5.74, 6) is -0.188. The average molecular weight is 294 g/mol. The fraction of sp³-hybridized carbons (Fsp3) is 0.263. The summed E-state index contributed by atoms with van der Waals surface area (Å²) in [7, 11) is 0. The number of hydrogen-bond donors (Lipinski definition) is 1. The smallest absolute Gasteiger partial charge is 0.267 e. The predicted molar refractivity (Wildman–Crippen MR) is 91.5 cm³/mol. The van der Waals surface area contributed by atoms with Crippen LogP contribution >= 0.6 is 0 Å². The van der Waals surface area contributed by atoms with Crippen LogP contribution in [0.5, 0.6) is 0 Å². The third-order valence-electron chi connectivity index (χ3n) is 3.87. The van der Waals surface area contributed by atoms with Crippen molar-refractivity contribution < 1.29 is 4.79 Å². The normalized spacial score (nSPS) is 11.4. The van der Waals surface area contributed by atoms with E-state index in [1.165, 1.54) is 11.1 Å². The molecule has 22 heavy (non-hydrogen) atoms. The van der Waals surface area contributed by atoms with Crippen molar-refractivity contribution in [3.05, 3.63) is 69.8 Å². The monoisotopic (exact) mass is 294 g/mol. The van der Waals surface area contributed by atoms with Gasteiger partial charge in [-0.3, -0.25) is 4.79 Å². The SMILES string of the molecule is C/C(=N/NC(=O)c1ccc(C)c(C)c1)c1ccc(C)cc1C. The van der Waals surface area contributed by atoms with Crippen LogP contribution in [0.4, 0.5) is 0 Å². The summed E-state index contributed by atoms with van der Waals surface area (Å²) >= 11 is 0. The van der Waals surface area contributed by atoms with Crippen LogP contribution in [-0.2, 0) is 0 Å². The van der Waals surface area contributed by atoms with E-state index in [1.807, 2.05) is 58.0 Å². The number of hydrazone groups is 1. The quantitative estimate of drug-likeness (QED) is 0.672. The van der Waals surface area contributed by atoms with E-state index in [4.69, 9.17) is 0 Å². The Morgan fingerprint density at radius 2 is 1.64 bits per heavy atom. The van der Waals surface area contributed by atoms with Gasteiger partial charge in [0.1, 0.15) is 0 Å². The van der Waals surface area contributed by atoms with E-state index in [1.54, 1.807) is 0 Å². The van der Waals surface area contributed by atoms with E-state index < -0.39 is 0 Å². The number of benzene rings is 2. The minimum Gasteiger partial charge on any atom is -0.267 e. The van der Waals surface area contributed by atoms with Crippen LogP contribution in [0, 0.1) is 27.7 Å². The van der Waals surface area contributed by atoms with Crippen molar-refractivity contribution in [3.8, 4) is 0 Å². The van der Waals surface area contributed by atoms with Gasteiger partial charge in [0.2, 0.25) is 0 Å². The van der Waals surface area contributed by atoms with E-state index in [2.05, 4.69) is 23.5 Å². The van der Waals surface area contributed by atoms with Gasteiger partial charge in [-0.05, 0) is 63.4 Å². The lowest BCUT2D eigenvalue weighted by molar-refractivity contribution is 0.0954. The molecule has 0 saturated heterocycles. The molecular formula is C19H22N2O. The molecule has 0 atom stereocenters. The number of nitrogens with zero attached hydrogens (tertiary/aromatic N) is 1. The van der Waals surface area contributed by atoms with Gasteiger partial charge in [-0.1, -0.05) is 29.8 Å². The Kier molecular flexibility index (Phi) is 4.76. The van der Waals surface area contributed by atoms with Gasteiger partial charge in [0, 0.05) is 11.1 Å². The maximum absolute atomic E-state index is 12.2. The maximum Gasteiger partial charge on any atom is 0.271 e. The zero-order chi connectivity index (χ0) is 16.3. The van der Waals surface area contributed by atoms with Crippen molar-refractivity contribution >= 4 is 11.6 Å². The minimum absolute atomic E-state index is 0.188. The van der Waals surface area contributed by atoms with Crippen molar-refractivity contribution in [1.29, 1.82) is 0 Å². The first-order valence-corrected chi connectivity index (χ1v) is 7.38. The van der Waals surface area contributed by atoms with Gasteiger partial charge in [0.25, 0.3) is 5.91 Å². The number of hydrogen-bond acceptors (Lipinski definition) is 2. The molecule has 2 rings (SSSR count). The zero-order valence-corrected chi connectivity index (χ0v) is 13.8. The van der Waals surface area contributed by atoms with Crippen LogP contribution in [0.3, 0.4) is 0 Å². The van der Waals surface area contributed by atoms with E-state index >= 15 is 0 Å². The van der Waals surface area contributed by atoms with Crippen LogP contribution in [0.25, 0.3) is 0 Å². The molecule has 2 aromatic rings. The molecule has 0 unspecified atom stereocenters. The summed E-state index contributed by atoms with van der Waals surface area (Å²) in [6.07, 6.45) is 0. The molecular weight excluding hydrogens is 272 g/mol. The van der Waals surface area contributed by atoms with E-state index in [0.29, 0.717) is 5.56 Å². The van der Waals surface area contributed by atoms with Gasteiger partial charge >= 0.3 is 0 Å². The predicted octanol–water partition coefficient (Wildman–Crippen LogP) is 4.07. The fourth-order valence-corrected chi connectivity index (χ4v) is 2.36. The third-order valence-corrected chi connectivity index (χ3v) is 3.87. The second-order valence-corrected chi connectivity index (χ2v) is 5.76. The Morgan fingerprint density at radius 1 is 0.909 bits per heavy atom. The summed E-state index contributed by atoms with van der Waals surface area (Å²) in [6, 6.07) is 11.8. The Labute approximate surface area is 132 Å². The second kappa shape index (κ2) is 6.56. The van der Waals surface area contributed by atoms with Crippen LogP contribution in [0.15, 0.2) is 41.5 Å². The number of nitrogens with one attached hydrogen (secondary N) is 1. The molecule has 1 amide bonds. The molecule has 0 bridgehead atoms. The van der Waals surface area contributed by atoms with E-state index in [-0.39, 0.29) is 5.91 Å². The molecule has 0 spiro atoms. The fourth-order valence-electron chi connectivity index (χ4n) is 2.36. The van der Waals surface area contributed by atoms with Gasteiger partial charge in [0.15, 0.2) is 0 Å². The maximum atomic E-state index is 12.2. The second-order valence-electron chi connectivity index (χ2n) is 5.76. The topological polar surface area (TPSA) is 41.5 Å².